The Hall–Kier alpha value is -1.23. The molecule has 0 aliphatic carbocycles. The standard InChI is InChI=1S/C8H7BrN2O2/c9-7-5-10-6(4-11-7)2-1-3-8(12)13/h1-2,4-5H,3H2,(H,12,13). The van der Waals surface area contributed by atoms with E-state index in [9.17, 15) is 4.79 Å². The fraction of sp³-hybridized carbons (Fsp3) is 0.125. The van der Waals surface area contributed by atoms with Gasteiger partial charge in [-0.3, -0.25) is 9.78 Å². The summed E-state index contributed by atoms with van der Waals surface area (Å²) in [5, 5.41) is 8.34. The van der Waals surface area contributed by atoms with Gasteiger partial charge in [0.2, 0.25) is 0 Å². The lowest BCUT2D eigenvalue weighted by Crippen LogP contribution is -1.90. The lowest BCUT2D eigenvalue weighted by atomic mass is 10.3. The average molecular weight is 243 g/mol. The number of aromatic nitrogens is 2. The topological polar surface area (TPSA) is 63.1 Å². The summed E-state index contributed by atoms with van der Waals surface area (Å²) >= 11 is 3.15. The molecular weight excluding hydrogens is 236 g/mol. The first-order valence-electron chi connectivity index (χ1n) is 3.54. The first kappa shape index (κ1) is 9.85. The van der Waals surface area contributed by atoms with Gasteiger partial charge in [0.1, 0.15) is 4.60 Å². The summed E-state index contributed by atoms with van der Waals surface area (Å²) in [7, 11) is 0. The van der Waals surface area contributed by atoms with Crippen molar-refractivity contribution in [3.8, 4) is 0 Å². The number of carboxylic acids is 1. The summed E-state index contributed by atoms with van der Waals surface area (Å²) in [6, 6.07) is 0. The molecule has 0 amide bonds. The van der Waals surface area contributed by atoms with Crippen molar-refractivity contribution in [1.29, 1.82) is 0 Å². The Labute approximate surface area is 83.5 Å². The number of carboxylic acid groups (broad SMARTS) is 1. The van der Waals surface area contributed by atoms with Crippen LogP contribution < -0.4 is 0 Å². The molecule has 0 spiro atoms. The Kier molecular flexibility index (Phi) is 3.57. The van der Waals surface area contributed by atoms with Crippen LogP contribution in [0.2, 0.25) is 0 Å². The minimum absolute atomic E-state index is 0.00224. The highest BCUT2D eigenvalue weighted by Crippen LogP contribution is 2.03. The van der Waals surface area contributed by atoms with Crippen molar-refractivity contribution in [3.63, 3.8) is 0 Å². The van der Waals surface area contributed by atoms with E-state index in [1.807, 2.05) is 0 Å². The first-order valence-corrected chi connectivity index (χ1v) is 4.33. The number of hydrogen-bond acceptors (Lipinski definition) is 3. The first-order chi connectivity index (χ1) is 6.18. The van der Waals surface area contributed by atoms with Crippen LogP contribution in [0.1, 0.15) is 12.1 Å². The lowest BCUT2D eigenvalue weighted by molar-refractivity contribution is -0.135. The summed E-state index contributed by atoms with van der Waals surface area (Å²) in [6.07, 6.45) is 6.26. The van der Waals surface area contributed by atoms with Crippen molar-refractivity contribution < 1.29 is 9.90 Å². The third-order valence-electron chi connectivity index (χ3n) is 1.22. The lowest BCUT2D eigenvalue weighted by Gasteiger charge is -1.91. The van der Waals surface area contributed by atoms with Crippen LogP contribution >= 0.6 is 15.9 Å². The third kappa shape index (κ3) is 3.80. The van der Waals surface area contributed by atoms with Crippen LogP contribution in [-0.4, -0.2) is 21.0 Å². The number of hydrogen-bond donors (Lipinski definition) is 1. The number of nitrogens with zero attached hydrogens (tertiary/aromatic N) is 2. The molecule has 0 atom stereocenters. The zero-order valence-corrected chi connectivity index (χ0v) is 8.23. The molecule has 0 aliphatic heterocycles. The molecule has 1 heterocycles. The van der Waals surface area contributed by atoms with E-state index >= 15 is 0 Å². The van der Waals surface area contributed by atoms with Crippen LogP contribution in [-0.2, 0) is 4.79 Å². The van der Waals surface area contributed by atoms with Gasteiger partial charge in [0.15, 0.2) is 0 Å². The number of halogens is 1. The molecule has 0 aliphatic rings. The largest absolute Gasteiger partial charge is 0.481 e. The van der Waals surface area contributed by atoms with E-state index in [2.05, 4.69) is 25.9 Å². The summed E-state index contributed by atoms with van der Waals surface area (Å²) in [6.45, 7) is 0. The average Bonchev–Trinajstić information content (AvgIpc) is 2.08. The molecule has 4 nitrogen and oxygen atoms in total. The van der Waals surface area contributed by atoms with Crippen molar-refractivity contribution >= 4 is 28.0 Å². The SMILES string of the molecule is O=C(O)CC=Cc1cnc(Br)cn1. The van der Waals surface area contributed by atoms with E-state index in [-0.39, 0.29) is 6.42 Å². The van der Waals surface area contributed by atoms with Crippen LogP contribution in [0, 0.1) is 0 Å². The molecule has 1 rings (SSSR count). The van der Waals surface area contributed by atoms with Gasteiger partial charge < -0.3 is 5.11 Å². The van der Waals surface area contributed by atoms with Gasteiger partial charge in [-0.05, 0) is 22.0 Å². The molecule has 0 unspecified atom stereocenters. The van der Waals surface area contributed by atoms with Gasteiger partial charge >= 0.3 is 5.97 Å². The van der Waals surface area contributed by atoms with E-state index in [4.69, 9.17) is 5.11 Å². The minimum atomic E-state index is -0.860. The van der Waals surface area contributed by atoms with Crippen molar-refractivity contribution in [2.24, 2.45) is 0 Å². The Balaban J connectivity index is 2.59. The fourth-order valence-electron chi connectivity index (χ4n) is 0.689. The van der Waals surface area contributed by atoms with Gasteiger partial charge in [-0.2, -0.15) is 0 Å². The molecule has 1 aromatic heterocycles. The maximum atomic E-state index is 10.1. The zero-order valence-electron chi connectivity index (χ0n) is 6.64. The Morgan fingerprint density at radius 3 is 2.85 bits per heavy atom. The Bertz CT molecular complexity index is 321. The van der Waals surface area contributed by atoms with Gasteiger partial charge in [-0.1, -0.05) is 6.08 Å². The summed E-state index contributed by atoms with van der Waals surface area (Å²) in [4.78, 5) is 18.1. The molecule has 0 saturated carbocycles. The van der Waals surface area contributed by atoms with Gasteiger partial charge in [-0.15, -0.1) is 0 Å². The highest BCUT2D eigenvalue weighted by Gasteiger charge is 1.92. The van der Waals surface area contributed by atoms with Gasteiger partial charge in [-0.25, -0.2) is 4.98 Å². The highest BCUT2D eigenvalue weighted by molar-refractivity contribution is 9.10. The van der Waals surface area contributed by atoms with Crippen LogP contribution in [0.4, 0.5) is 0 Å². The van der Waals surface area contributed by atoms with E-state index in [1.165, 1.54) is 6.08 Å². The molecule has 13 heavy (non-hydrogen) atoms. The number of carbonyl (C=O) groups is 1. The monoisotopic (exact) mass is 242 g/mol. The number of rotatable bonds is 3. The summed E-state index contributed by atoms with van der Waals surface area (Å²) < 4.78 is 0.655. The molecule has 0 bridgehead atoms. The van der Waals surface area contributed by atoms with E-state index in [0.717, 1.165) is 0 Å². The van der Waals surface area contributed by atoms with E-state index in [1.54, 1.807) is 18.5 Å². The zero-order chi connectivity index (χ0) is 9.68. The third-order valence-corrected chi connectivity index (χ3v) is 1.63. The molecule has 0 aromatic carbocycles. The fourth-order valence-corrected chi connectivity index (χ4v) is 0.894. The molecular formula is C8H7BrN2O2. The molecule has 0 saturated heterocycles. The normalized spacial score (nSPS) is 10.5. The number of aliphatic carboxylic acids is 1. The van der Waals surface area contributed by atoms with Crippen LogP contribution in [0.15, 0.2) is 23.1 Å². The minimum Gasteiger partial charge on any atom is -0.481 e. The maximum Gasteiger partial charge on any atom is 0.307 e. The Morgan fingerprint density at radius 1 is 1.54 bits per heavy atom. The van der Waals surface area contributed by atoms with Crippen LogP contribution in [0.5, 0.6) is 0 Å². The van der Waals surface area contributed by atoms with Gasteiger partial charge in [0.05, 0.1) is 24.5 Å². The second kappa shape index (κ2) is 4.71. The maximum absolute atomic E-state index is 10.1. The second-order valence-corrected chi connectivity index (χ2v) is 3.08. The molecule has 0 radical (unpaired) electrons. The van der Waals surface area contributed by atoms with Gasteiger partial charge in [0, 0.05) is 0 Å². The molecule has 1 aromatic rings. The van der Waals surface area contributed by atoms with Crippen molar-refractivity contribution in [2.45, 2.75) is 6.42 Å². The highest BCUT2D eigenvalue weighted by atomic mass is 79.9. The van der Waals surface area contributed by atoms with Crippen LogP contribution in [0.25, 0.3) is 6.08 Å². The quantitative estimate of drug-likeness (QED) is 0.877. The second-order valence-electron chi connectivity index (χ2n) is 2.26. The van der Waals surface area contributed by atoms with E-state index < -0.39 is 5.97 Å². The molecule has 1 N–H and O–H groups in total. The van der Waals surface area contributed by atoms with Crippen molar-refractivity contribution in [3.05, 3.63) is 28.8 Å². The van der Waals surface area contributed by atoms with E-state index in [0.29, 0.717) is 10.3 Å². The predicted octanol–water partition coefficient (Wildman–Crippen LogP) is 1.73. The molecule has 5 heteroatoms. The molecule has 68 valence electrons. The van der Waals surface area contributed by atoms with Crippen molar-refractivity contribution in [1.82, 2.24) is 9.97 Å². The van der Waals surface area contributed by atoms with Crippen LogP contribution in [0.3, 0.4) is 0 Å². The smallest absolute Gasteiger partial charge is 0.307 e. The predicted molar refractivity (Wildman–Crippen MR) is 51.0 cm³/mol. The van der Waals surface area contributed by atoms with Gasteiger partial charge in [0.25, 0.3) is 0 Å². The summed E-state index contributed by atoms with van der Waals surface area (Å²) in [5.74, 6) is -0.860. The molecule has 0 fully saturated rings. The Morgan fingerprint density at radius 2 is 2.31 bits per heavy atom. The van der Waals surface area contributed by atoms with Crippen molar-refractivity contribution in [2.75, 3.05) is 0 Å². The summed E-state index contributed by atoms with van der Waals surface area (Å²) in [5.41, 5.74) is 0.643.